The van der Waals surface area contributed by atoms with Gasteiger partial charge in [-0.05, 0) is 36.4 Å². The molecule has 4 aromatic rings. The number of halogens is 1. The maximum Gasteiger partial charge on any atom is 0.338 e. The van der Waals surface area contributed by atoms with Gasteiger partial charge in [-0.15, -0.1) is 0 Å². The molecule has 0 spiro atoms. The van der Waals surface area contributed by atoms with Crippen LogP contribution in [0.5, 0.6) is 0 Å². The largest absolute Gasteiger partial charge is 0.457 e. The summed E-state index contributed by atoms with van der Waals surface area (Å²) in [5.41, 5.74) is 2.86. The Morgan fingerprint density at radius 2 is 1.68 bits per heavy atom. The molecule has 0 fully saturated rings. The van der Waals surface area contributed by atoms with Crippen molar-refractivity contribution >= 4 is 27.8 Å². The minimum absolute atomic E-state index is 0.110. The third-order valence-electron chi connectivity index (χ3n) is 4.07. The van der Waals surface area contributed by atoms with Crippen LogP contribution in [0, 0.1) is 5.82 Å². The van der Waals surface area contributed by atoms with Gasteiger partial charge in [0.1, 0.15) is 12.4 Å². The average molecular weight is 331 g/mol. The van der Waals surface area contributed by atoms with Crippen LogP contribution in [0.25, 0.3) is 21.8 Å². The first-order chi connectivity index (χ1) is 12.2. The van der Waals surface area contributed by atoms with Gasteiger partial charge in [0.15, 0.2) is 0 Å². The summed E-state index contributed by atoms with van der Waals surface area (Å²) >= 11 is 0. The molecule has 0 aliphatic heterocycles. The highest BCUT2D eigenvalue weighted by molar-refractivity contribution is 5.94. The number of pyridine rings is 1. The molecule has 25 heavy (non-hydrogen) atoms. The van der Waals surface area contributed by atoms with Crippen LogP contribution in [-0.4, -0.2) is 11.0 Å². The number of fused-ring (bicyclic) bond motifs is 2. The second-order valence-corrected chi connectivity index (χ2v) is 5.75. The van der Waals surface area contributed by atoms with Crippen molar-refractivity contribution in [2.45, 2.75) is 6.61 Å². The lowest BCUT2D eigenvalue weighted by molar-refractivity contribution is 0.0474. The van der Waals surface area contributed by atoms with Crippen LogP contribution in [0.3, 0.4) is 0 Å². The molecule has 0 bridgehead atoms. The Kier molecular flexibility index (Phi) is 3.86. The predicted octanol–water partition coefficient (Wildman–Crippen LogP) is 4.88. The van der Waals surface area contributed by atoms with Crippen molar-refractivity contribution in [1.82, 2.24) is 4.98 Å². The number of ether oxygens (including phenoxy) is 1. The summed E-state index contributed by atoms with van der Waals surface area (Å²) in [5.74, 6) is -0.875. The van der Waals surface area contributed by atoms with Crippen molar-refractivity contribution in [1.29, 1.82) is 0 Å². The van der Waals surface area contributed by atoms with Crippen LogP contribution in [0.15, 0.2) is 72.8 Å². The molecule has 0 aliphatic carbocycles. The molecule has 0 atom stereocenters. The van der Waals surface area contributed by atoms with Gasteiger partial charge in [-0.2, -0.15) is 0 Å². The van der Waals surface area contributed by atoms with Crippen molar-refractivity contribution in [3.8, 4) is 0 Å². The molecular weight excluding hydrogens is 317 g/mol. The number of aromatic nitrogens is 1. The normalized spacial score (nSPS) is 10.9. The lowest BCUT2D eigenvalue weighted by Crippen LogP contribution is -2.05. The van der Waals surface area contributed by atoms with Crippen LogP contribution in [-0.2, 0) is 11.3 Å². The van der Waals surface area contributed by atoms with Crippen LogP contribution in [0.2, 0.25) is 0 Å². The number of para-hydroxylation sites is 2. The van der Waals surface area contributed by atoms with Gasteiger partial charge < -0.3 is 4.74 Å². The fraction of sp³-hybridized carbons (Fsp3) is 0.0476. The molecule has 3 aromatic carbocycles. The van der Waals surface area contributed by atoms with E-state index in [-0.39, 0.29) is 12.4 Å². The fourth-order valence-corrected chi connectivity index (χ4v) is 2.79. The highest BCUT2D eigenvalue weighted by Gasteiger charge is 2.10. The van der Waals surface area contributed by atoms with E-state index < -0.39 is 5.97 Å². The summed E-state index contributed by atoms with van der Waals surface area (Å²) in [5, 5.41) is 2.06. The number of esters is 1. The van der Waals surface area contributed by atoms with E-state index in [4.69, 9.17) is 9.72 Å². The van der Waals surface area contributed by atoms with Crippen molar-refractivity contribution in [3.63, 3.8) is 0 Å². The Morgan fingerprint density at radius 1 is 0.920 bits per heavy atom. The van der Waals surface area contributed by atoms with Gasteiger partial charge in [-0.3, -0.25) is 0 Å². The minimum Gasteiger partial charge on any atom is -0.457 e. The second-order valence-electron chi connectivity index (χ2n) is 5.75. The Morgan fingerprint density at radius 3 is 2.52 bits per heavy atom. The second kappa shape index (κ2) is 6.32. The summed E-state index contributed by atoms with van der Waals surface area (Å²) in [7, 11) is 0. The lowest BCUT2D eigenvalue weighted by atomic mass is 10.1. The van der Waals surface area contributed by atoms with E-state index in [9.17, 15) is 9.18 Å². The number of benzene rings is 3. The Labute approximate surface area is 143 Å². The Balaban J connectivity index is 1.63. The van der Waals surface area contributed by atoms with E-state index >= 15 is 0 Å². The summed E-state index contributed by atoms with van der Waals surface area (Å²) in [6, 6.07) is 21.1. The molecule has 3 nitrogen and oxygen atoms in total. The van der Waals surface area contributed by atoms with E-state index in [0.717, 1.165) is 27.4 Å². The van der Waals surface area contributed by atoms with Gasteiger partial charge >= 0.3 is 5.97 Å². The standard InChI is InChI=1S/C21H14FNO2/c22-18-10-8-14(9-11-18)21(24)25-13-17-6-3-5-16-12-15-4-1-2-7-19(15)23-20(16)17/h1-12H,13H2. The molecule has 4 rings (SSSR count). The zero-order chi connectivity index (χ0) is 17.2. The van der Waals surface area contributed by atoms with Gasteiger partial charge in [-0.1, -0.05) is 36.4 Å². The maximum absolute atomic E-state index is 12.9. The number of carbonyl (C=O) groups excluding carboxylic acids is 1. The first kappa shape index (κ1) is 15.3. The summed E-state index contributed by atoms with van der Waals surface area (Å²) < 4.78 is 18.3. The molecule has 0 N–H and O–H groups in total. The van der Waals surface area contributed by atoms with Crippen molar-refractivity contribution in [2.24, 2.45) is 0 Å². The van der Waals surface area contributed by atoms with E-state index in [1.165, 1.54) is 24.3 Å². The van der Waals surface area contributed by atoms with Gasteiger partial charge in [-0.25, -0.2) is 14.2 Å². The quantitative estimate of drug-likeness (QED) is 0.396. The molecule has 122 valence electrons. The van der Waals surface area contributed by atoms with E-state index in [0.29, 0.717) is 5.56 Å². The molecule has 1 heterocycles. The zero-order valence-electron chi connectivity index (χ0n) is 13.3. The molecule has 0 radical (unpaired) electrons. The average Bonchev–Trinajstić information content (AvgIpc) is 2.65. The van der Waals surface area contributed by atoms with Gasteiger partial charge in [0.05, 0.1) is 16.6 Å². The van der Waals surface area contributed by atoms with Crippen molar-refractivity contribution in [3.05, 3.63) is 89.7 Å². The molecule has 1 aromatic heterocycles. The SMILES string of the molecule is O=C(OCc1cccc2cc3ccccc3nc12)c1ccc(F)cc1. The monoisotopic (exact) mass is 331 g/mol. The summed E-state index contributed by atoms with van der Waals surface area (Å²) in [6.45, 7) is 0.110. The highest BCUT2D eigenvalue weighted by Crippen LogP contribution is 2.23. The summed E-state index contributed by atoms with van der Waals surface area (Å²) in [6.07, 6.45) is 0. The van der Waals surface area contributed by atoms with Crippen molar-refractivity contribution in [2.75, 3.05) is 0 Å². The lowest BCUT2D eigenvalue weighted by Gasteiger charge is -2.09. The first-order valence-electron chi connectivity index (χ1n) is 7.91. The number of carbonyl (C=O) groups is 1. The Bertz CT molecular complexity index is 1070. The molecule has 0 unspecified atom stereocenters. The highest BCUT2D eigenvalue weighted by atomic mass is 19.1. The maximum atomic E-state index is 12.9. The Hall–Kier alpha value is -3.27. The first-order valence-corrected chi connectivity index (χ1v) is 7.91. The number of nitrogens with zero attached hydrogens (tertiary/aromatic N) is 1. The summed E-state index contributed by atoms with van der Waals surface area (Å²) in [4.78, 5) is 16.8. The minimum atomic E-state index is -0.488. The van der Waals surface area contributed by atoms with Gasteiger partial charge in [0, 0.05) is 16.3 Å². The predicted molar refractivity (Wildman–Crippen MR) is 94.8 cm³/mol. The molecule has 0 aliphatic rings. The number of hydrogen-bond donors (Lipinski definition) is 0. The molecule has 0 saturated carbocycles. The molecule has 4 heteroatoms. The van der Waals surface area contributed by atoms with E-state index in [2.05, 4.69) is 6.07 Å². The van der Waals surface area contributed by atoms with Crippen LogP contribution in [0.1, 0.15) is 15.9 Å². The van der Waals surface area contributed by atoms with Crippen LogP contribution >= 0.6 is 0 Å². The smallest absolute Gasteiger partial charge is 0.338 e. The van der Waals surface area contributed by atoms with Crippen LogP contribution in [0.4, 0.5) is 4.39 Å². The van der Waals surface area contributed by atoms with E-state index in [1.54, 1.807) is 0 Å². The van der Waals surface area contributed by atoms with Crippen molar-refractivity contribution < 1.29 is 13.9 Å². The van der Waals surface area contributed by atoms with Gasteiger partial charge in [0.2, 0.25) is 0 Å². The van der Waals surface area contributed by atoms with E-state index in [1.807, 2.05) is 42.5 Å². The molecular formula is C21H14FNO2. The topological polar surface area (TPSA) is 39.2 Å². The number of hydrogen-bond acceptors (Lipinski definition) is 3. The molecule has 0 saturated heterocycles. The third kappa shape index (κ3) is 3.06. The third-order valence-corrected chi connectivity index (χ3v) is 4.07. The fourth-order valence-electron chi connectivity index (χ4n) is 2.79. The zero-order valence-corrected chi connectivity index (χ0v) is 13.3. The molecule has 0 amide bonds. The van der Waals surface area contributed by atoms with Crippen LogP contribution < -0.4 is 0 Å². The van der Waals surface area contributed by atoms with Gasteiger partial charge in [0.25, 0.3) is 0 Å². The number of rotatable bonds is 3.